The van der Waals surface area contributed by atoms with Crippen molar-refractivity contribution in [1.29, 1.82) is 0 Å². The van der Waals surface area contributed by atoms with Crippen LogP contribution >= 0.6 is 0 Å². The molecule has 274 valence electrons. The Balaban J connectivity index is 1.49. The molecule has 13 heteroatoms. The van der Waals surface area contributed by atoms with Gasteiger partial charge in [0.15, 0.2) is 33.1 Å². The van der Waals surface area contributed by atoms with Gasteiger partial charge in [-0.25, -0.2) is 26.9 Å². The lowest BCUT2D eigenvalue weighted by atomic mass is 9.75. The second-order valence-electron chi connectivity index (χ2n) is 14.6. The van der Waals surface area contributed by atoms with Crippen molar-refractivity contribution in [2.75, 3.05) is 12.9 Å². The smallest absolute Gasteiger partial charge is 0.308 e. The van der Waals surface area contributed by atoms with Gasteiger partial charge in [-0.1, -0.05) is 51.5 Å². The molecule has 0 saturated heterocycles. The van der Waals surface area contributed by atoms with Crippen LogP contribution in [0.25, 0.3) is 28.4 Å². The second-order valence-corrected chi connectivity index (χ2v) is 16.5. The van der Waals surface area contributed by atoms with E-state index >= 15 is 13.2 Å². The molecule has 1 aliphatic rings. The summed E-state index contributed by atoms with van der Waals surface area (Å²) in [6.07, 6.45) is 4.83. The summed E-state index contributed by atoms with van der Waals surface area (Å²) in [7, 11) is -0.753. The standard InChI is InChI=1S/C39H41F3N4O5S/c1-23(36(47)50-6)17-24-9-7-10-26(18-24)39(4)15-8-14-38(2,3)22-52(48,49)16-13-25-21-43-34-28(25)20-31(32(41)33(34)42)51-27-11-12-30(40)29(19-27)35-44-37(39)45-46(35)5/h7,9-13,16,18-21,23,43H,8,14-15,17,22H2,1-6H3/b16-13+/t23-,39+/m0/s1. The number of hydrogen-bond donors (Lipinski definition) is 1. The first-order valence-electron chi connectivity index (χ1n) is 17.0. The number of aryl methyl sites for hydroxylation is 1. The summed E-state index contributed by atoms with van der Waals surface area (Å²) < 4.78 is 85.1. The molecule has 5 aromatic rings. The van der Waals surface area contributed by atoms with E-state index in [1.54, 1.807) is 14.0 Å². The van der Waals surface area contributed by atoms with E-state index in [4.69, 9.17) is 19.6 Å². The first kappa shape index (κ1) is 36.9. The lowest BCUT2D eigenvalue weighted by Gasteiger charge is -2.30. The molecule has 0 amide bonds. The molecule has 0 saturated carbocycles. The predicted molar refractivity (Wildman–Crippen MR) is 193 cm³/mol. The number of aromatic nitrogens is 4. The Kier molecular flexibility index (Phi) is 9.86. The molecule has 0 spiro atoms. The van der Waals surface area contributed by atoms with E-state index < -0.39 is 43.9 Å². The fourth-order valence-corrected chi connectivity index (χ4v) is 8.64. The highest BCUT2D eigenvalue weighted by Gasteiger charge is 2.36. The molecular formula is C39H41F3N4O5S. The van der Waals surface area contributed by atoms with Crippen LogP contribution in [0.4, 0.5) is 13.2 Å². The third-order valence-electron chi connectivity index (χ3n) is 9.81. The molecule has 2 aromatic heterocycles. The van der Waals surface area contributed by atoms with Gasteiger partial charge in [0, 0.05) is 29.6 Å². The van der Waals surface area contributed by atoms with Crippen molar-refractivity contribution < 1.29 is 35.9 Å². The van der Waals surface area contributed by atoms with Crippen molar-refractivity contribution >= 4 is 32.8 Å². The minimum absolute atomic E-state index is 0.0145. The van der Waals surface area contributed by atoms with E-state index in [0.29, 0.717) is 37.1 Å². The van der Waals surface area contributed by atoms with Gasteiger partial charge in [0.2, 0.25) is 5.82 Å². The van der Waals surface area contributed by atoms with Crippen LogP contribution < -0.4 is 4.74 Å². The van der Waals surface area contributed by atoms with E-state index in [1.807, 2.05) is 45.0 Å². The van der Waals surface area contributed by atoms with Crippen molar-refractivity contribution in [3.05, 3.63) is 100 Å². The van der Waals surface area contributed by atoms with Gasteiger partial charge in [-0.3, -0.25) is 4.79 Å². The molecule has 0 unspecified atom stereocenters. The number of H-pyrrole nitrogens is 1. The monoisotopic (exact) mass is 734 g/mol. The van der Waals surface area contributed by atoms with Gasteiger partial charge in [-0.15, -0.1) is 0 Å². The zero-order valence-electron chi connectivity index (χ0n) is 29.9. The summed E-state index contributed by atoms with van der Waals surface area (Å²) in [5.74, 6) is -3.84. The first-order chi connectivity index (χ1) is 24.5. The van der Waals surface area contributed by atoms with Crippen molar-refractivity contribution in [2.24, 2.45) is 18.4 Å². The Labute approximate surface area is 300 Å². The topological polar surface area (TPSA) is 116 Å². The van der Waals surface area contributed by atoms with Gasteiger partial charge in [0.1, 0.15) is 11.6 Å². The number of sulfone groups is 1. The molecule has 0 fully saturated rings. The van der Waals surface area contributed by atoms with Gasteiger partial charge in [-0.2, -0.15) is 9.49 Å². The molecule has 1 aliphatic heterocycles. The number of esters is 1. The number of rotatable bonds is 4. The van der Waals surface area contributed by atoms with Gasteiger partial charge in [-0.05, 0) is 73.1 Å². The van der Waals surface area contributed by atoms with E-state index in [9.17, 15) is 13.2 Å². The van der Waals surface area contributed by atoms with Gasteiger partial charge >= 0.3 is 5.97 Å². The minimum Gasteiger partial charge on any atom is -0.469 e. The Morgan fingerprint density at radius 3 is 2.60 bits per heavy atom. The molecule has 0 aliphatic carbocycles. The highest BCUT2D eigenvalue weighted by Crippen LogP contribution is 2.40. The number of methoxy groups -OCH3 is 1. The molecule has 2 atom stereocenters. The molecule has 6 bridgehead atoms. The number of benzene rings is 3. The van der Waals surface area contributed by atoms with E-state index in [0.717, 1.165) is 22.6 Å². The Morgan fingerprint density at radius 2 is 1.85 bits per heavy atom. The Hall–Kier alpha value is -4.91. The SMILES string of the molecule is COC(=O)[C@@H](C)Cc1cccc([C@@]2(C)CCCC(C)(C)CS(=O)(=O)/C=C/c3c[nH]c4c(F)c(F)c(cc34)Oc3ccc(F)c(c3)-c3nc2nn3C)c1. The van der Waals surface area contributed by atoms with E-state index in [1.165, 1.54) is 42.3 Å². The lowest BCUT2D eigenvalue weighted by molar-refractivity contribution is -0.144. The van der Waals surface area contributed by atoms with Crippen LogP contribution in [0.15, 0.2) is 60.1 Å². The third kappa shape index (κ3) is 7.37. The van der Waals surface area contributed by atoms with Crippen molar-refractivity contribution in [1.82, 2.24) is 19.7 Å². The average molecular weight is 735 g/mol. The average Bonchev–Trinajstić information content (AvgIpc) is 3.69. The number of halogens is 3. The maximum atomic E-state index is 15.6. The largest absolute Gasteiger partial charge is 0.469 e. The summed E-state index contributed by atoms with van der Waals surface area (Å²) in [6, 6.07) is 12.9. The number of fused-ring (bicyclic) bond motifs is 6. The van der Waals surface area contributed by atoms with E-state index in [2.05, 4.69) is 4.98 Å². The van der Waals surface area contributed by atoms with Crippen molar-refractivity contribution in [3.8, 4) is 22.9 Å². The number of carbonyl (C=O) groups is 1. The minimum atomic E-state index is -3.75. The number of carbonyl (C=O) groups excluding carboxylic acids is 1. The Bertz CT molecular complexity index is 2310. The maximum Gasteiger partial charge on any atom is 0.308 e. The number of hydrogen-bond acceptors (Lipinski definition) is 7. The van der Waals surface area contributed by atoms with E-state index in [-0.39, 0.29) is 45.7 Å². The normalized spacial score (nSPS) is 19.9. The van der Waals surface area contributed by atoms with Crippen LogP contribution in [-0.2, 0) is 38.3 Å². The summed E-state index contributed by atoms with van der Waals surface area (Å²) in [5, 5.41) is 6.07. The zero-order valence-corrected chi connectivity index (χ0v) is 30.7. The van der Waals surface area contributed by atoms with Crippen LogP contribution in [0.3, 0.4) is 0 Å². The zero-order chi connectivity index (χ0) is 37.6. The fourth-order valence-electron chi connectivity index (χ4n) is 6.96. The van der Waals surface area contributed by atoms with Crippen LogP contribution in [0.5, 0.6) is 11.5 Å². The van der Waals surface area contributed by atoms with Crippen LogP contribution in [-0.4, -0.2) is 47.0 Å². The van der Waals surface area contributed by atoms with Crippen molar-refractivity contribution in [3.63, 3.8) is 0 Å². The molecule has 3 heterocycles. The number of ether oxygens (including phenoxy) is 2. The van der Waals surface area contributed by atoms with Gasteiger partial charge in [0.05, 0.1) is 35.3 Å². The molecule has 6 rings (SSSR count). The molecule has 52 heavy (non-hydrogen) atoms. The highest BCUT2D eigenvalue weighted by molar-refractivity contribution is 7.94. The summed E-state index contributed by atoms with van der Waals surface area (Å²) in [6.45, 7) is 7.56. The molecule has 9 nitrogen and oxygen atoms in total. The van der Waals surface area contributed by atoms with Crippen LogP contribution in [0, 0.1) is 28.8 Å². The summed E-state index contributed by atoms with van der Waals surface area (Å²) >= 11 is 0. The molecule has 1 N–H and O–H groups in total. The van der Waals surface area contributed by atoms with Crippen LogP contribution in [0.1, 0.15) is 69.5 Å². The fraction of sp³-hybridized carbons (Fsp3) is 0.359. The first-order valence-corrected chi connectivity index (χ1v) is 18.7. The van der Waals surface area contributed by atoms with Gasteiger partial charge in [0.25, 0.3) is 0 Å². The molecule has 0 radical (unpaired) electrons. The summed E-state index contributed by atoms with van der Waals surface area (Å²) in [5.41, 5.74) is 0.493. The number of nitrogens with one attached hydrogen (secondary N) is 1. The molecular weight excluding hydrogens is 694 g/mol. The third-order valence-corrected chi connectivity index (χ3v) is 11.5. The Morgan fingerprint density at radius 1 is 1.08 bits per heavy atom. The van der Waals surface area contributed by atoms with Gasteiger partial charge < -0.3 is 14.5 Å². The quantitative estimate of drug-likeness (QED) is 0.184. The number of aromatic amines is 1. The van der Waals surface area contributed by atoms with Crippen molar-refractivity contribution in [2.45, 2.75) is 58.8 Å². The lowest BCUT2D eigenvalue weighted by Crippen LogP contribution is -2.28. The molecule has 3 aromatic carbocycles. The second kappa shape index (κ2) is 13.9. The highest BCUT2D eigenvalue weighted by atomic mass is 32.2. The summed E-state index contributed by atoms with van der Waals surface area (Å²) in [4.78, 5) is 19.8. The maximum absolute atomic E-state index is 15.6. The number of nitrogens with zero attached hydrogens (tertiary/aromatic N) is 3. The van der Waals surface area contributed by atoms with Crippen LogP contribution in [0.2, 0.25) is 0 Å². The predicted octanol–water partition coefficient (Wildman–Crippen LogP) is 8.43.